The molecule has 0 aliphatic rings. The number of nitrogens with zero attached hydrogens (tertiary/aromatic N) is 4. The van der Waals surface area contributed by atoms with Crippen LogP contribution in [0.1, 0.15) is 0 Å². The van der Waals surface area contributed by atoms with Gasteiger partial charge in [0.25, 0.3) is 0 Å². The molecule has 8 aromatic carbocycles. The minimum Gasteiger partial charge on any atom is -0.309 e. The summed E-state index contributed by atoms with van der Waals surface area (Å²) in [5, 5.41) is 5.04. The smallest absolute Gasteiger partial charge is 0.164 e. The normalized spacial score (nSPS) is 11.6. The molecule has 0 bridgehead atoms. The first-order chi connectivity index (χ1) is 27.8. The Morgan fingerprint density at radius 2 is 0.911 bits per heavy atom. The molecule has 262 valence electrons. The van der Waals surface area contributed by atoms with Crippen LogP contribution in [0.25, 0.3) is 104 Å². The van der Waals surface area contributed by atoms with Crippen molar-refractivity contribution in [3.8, 4) is 62.1 Å². The van der Waals surface area contributed by atoms with Gasteiger partial charge in [-0.3, -0.25) is 0 Å². The van der Waals surface area contributed by atoms with Crippen LogP contribution in [-0.4, -0.2) is 19.5 Å². The number of hydrogen-bond donors (Lipinski definition) is 0. The first kappa shape index (κ1) is 32.2. The van der Waals surface area contributed by atoms with Gasteiger partial charge in [0.15, 0.2) is 17.5 Å². The van der Waals surface area contributed by atoms with Crippen LogP contribution in [0.4, 0.5) is 0 Å². The molecule has 0 atom stereocenters. The first-order valence-corrected chi connectivity index (χ1v) is 19.6. The maximum atomic E-state index is 5.23. The Balaban J connectivity index is 1.19. The van der Waals surface area contributed by atoms with Gasteiger partial charge in [0, 0.05) is 58.9 Å². The van der Waals surface area contributed by atoms with E-state index in [0.717, 1.165) is 44.6 Å². The molecule has 3 heterocycles. The van der Waals surface area contributed by atoms with Gasteiger partial charge in [-0.2, -0.15) is 0 Å². The fourth-order valence-corrected chi connectivity index (χ4v) is 9.46. The lowest BCUT2D eigenvalue weighted by molar-refractivity contribution is 1.07. The Morgan fingerprint density at radius 1 is 0.339 bits per heavy atom. The van der Waals surface area contributed by atoms with Gasteiger partial charge in [0.05, 0.1) is 11.0 Å². The van der Waals surface area contributed by atoms with E-state index < -0.39 is 0 Å². The van der Waals surface area contributed by atoms with E-state index in [1.807, 2.05) is 47.7 Å². The monoisotopic (exact) mass is 732 g/mol. The summed E-state index contributed by atoms with van der Waals surface area (Å²) in [7, 11) is 0. The molecular formula is C51H32N4S. The molecule has 0 unspecified atom stereocenters. The largest absolute Gasteiger partial charge is 0.309 e. The number of aromatic nitrogens is 4. The van der Waals surface area contributed by atoms with E-state index in [-0.39, 0.29) is 0 Å². The molecule has 11 rings (SSSR count). The van der Waals surface area contributed by atoms with Crippen molar-refractivity contribution < 1.29 is 0 Å². The number of fused-ring (bicyclic) bond motifs is 7. The maximum Gasteiger partial charge on any atom is 0.164 e. The fourth-order valence-electron chi connectivity index (χ4n) is 8.08. The second-order valence-corrected chi connectivity index (χ2v) is 15.0. The van der Waals surface area contributed by atoms with E-state index in [0.29, 0.717) is 17.5 Å². The summed E-state index contributed by atoms with van der Waals surface area (Å²) in [5.74, 6) is 1.92. The highest BCUT2D eigenvalue weighted by atomic mass is 32.1. The van der Waals surface area contributed by atoms with Crippen molar-refractivity contribution in [3.05, 3.63) is 194 Å². The summed E-state index contributed by atoms with van der Waals surface area (Å²) in [5.41, 5.74) is 10.9. The number of para-hydroxylation sites is 2. The molecule has 3 aromatic heterocycles. The minimum absolute atomic E-state index is 0.636. The van der Waals surface area contributed by atoms with E-state index in [4.69, 9.17) is 15.0 Å². The minimum atomic E-state index is 0.636. The molecule has 0 spiro atoms. The average Bonchev–Trinajstić information content (AvgIpc) is 3.83. The Morgan fingerprint density at radius 3 is 1.61 bits per heavy atom. The van der Waals surface area contributed by atoms with Gasteiger partial charge in [0.1, 0.15) is 0 Å². The highest BCUT2D eigenvalue weighted by molar-refractivity contribution is 7.27. The molecule has 0 aliphatic heterocycles. The standard InChI is InChI=1S/C51H32N4S/c1-5-16-33(17-6-1)36-28-29-38(43(32-36)51-53-49(34-18-7-2-8-19-34)52-50(54-51)35-20-9-3-10-21-35)39-25-15-26-40-41-30-31-45-46(48(41)56-47(39)40)42-24-13-14-27-44(42)55(45)37-22-11-4-12-23-37/h1-32H. The van der Waals surface area contributed by atoms with Crippen LogP contribution < -0.4 is 0 Å². The van der Waals surface area contributed by atoms with Crippen LogP contribution in [0.2, 0.25) is 0 Å². The Labute approximate surface area is 327 Å². The third-order valence-electron chi connectivity index (χ3n) is 10.7. The highest BCUT2D eigenvalue weighted by Gasteiger charge is 2.22. The molecule has 0 saturated carbocycles. The lowest BCUT2D eigenvalue weighted by Crippen LogP contribution is -2.01. The molecule has 56 heavy (non-hydrogen) atoms. The van der Waals surface area contributed by atoms with Gasteiger partial charge < -0.3 is 4.57 Å². The second kappa shape index (κ2) is 13.3. The number of thiophene rings is 1. The van der Waals surface area contributed by atoms with Gasteiger partial charge in [-0.05, 0) is 47.0 Å². The van der Waals surface area contributed by atoms with Gasteiger partial charge in [-0.15, -0.1) is 11.3 Å². The third-order valence-corrected chi connectivity index (χ3v) is 11.9. The van der Waals surface area contributed by atoms with Crippen LogP contribution in [-0.2, 0) is 0 Å². The third kappa shape index (κ3) is 5.32. The van der Waals surface area contributed by atoms with Gasteiger partial charge in [-0.25, -0.2) is 15.0 Å². The average molecular weight is 733 g/mol. The Kier molecular flexibility index (Phi) is 7.64. The quantitative estimate of drug-likeness (QED) is 0.171. The van der Waals surface area contributed by atoms with Crippen molar-refractivity contribution in [2.45, 2.75) is 0 Å². The van der Waals surface area contributed by atoms with Crippen LogP contribution in [0.3, 0.4) is 0 Å². The Hall–Kier alpha value is -7.21. The zero-order valence-electron chi connectivity index (χ0n) is 30.2. The van der Waals surface area contributed by atoms with E-state index in [1.165, 1.54) is 42.0 Å². The lowest BCUT2D eigenvalue weighted by atomic mass is 9.93. The number of benzene rings is 8. The molecule has 11 aromatic rings. The molecule has 0 amide bonds. The fraction of sp³-hybridized carbons (Fsp3) is 0. The predicted molar refractivity (Wildman–Crippen MR) is 234 cm³/mol. The Bertz CT molecular complexity index is 3170. The van der Waals surface area contributed by atoms with Crippen molar-refractivity contribution >= 4 is 53.3 Å². The topological polar surface area (TPSA) is 43.6 Å². The number of rotatable bonds is 6. The lowest BCUT2D eigenvalue weighted by Gasteiger charge is -2.14. The molecule has 4 nitrogen and oxygen atoms in total. The van der Waals surface area contributed by atoms with Gasteiger partial charge in [0.2, 0.25) is 0 Å². The maximum absolute atomic E-state index is 5.23. The zero-order chi connectivity index (χ0) is 37.0. The van der Waals surface area contributed by atoms with Crippen molar-refractivity contribution in [1.82, 2.24) is 19.5 Å². The van der Waals surface area contributed by atoms with Crippen molar-refractivity contribution in [1.29, 1.82) is 0 Å². The van der Waals surface area contributed by atoms with Crippen LogP contribution in [0, 0.1) is 0 Å². The number of hydrogen-bond acceptors (Lipinski definition) is 4. The van der Waals surface area contributed by atoms with Crippen molar-refractivity contribution in [3.63, 3.8) is 0 Å². The summed E-state index contributed by atoms with van der Waals surface area (Å²) in [4.78, 5) is 15.5. The van der Waals surface area contributed by atoms with E-state index in [2.05, 4.69) is 162 Å². The molecule has 0 radical (unpaired) electrons. The summed E-state index contributed by atoms with van der Waals surface area (Å²) >= 11 is 1.87. The summed E-state index contributed by atoms with van der Waals surface area (Å²) in [6, 6.07) is 68.4. The van der Waals surface area contributed by atoms with E-state index in [9.17, 15) is 0 Å². The second-order valence-electron chi connectivity index (χ2n) is 14.0. The summed E-state index contributed by atoms with van der Waals surface area (Å²) in [6.45, 7) is 0. The first-order valence-electron chi connectivity index (χ1n) is 18.8. The predicted octanol–water partition coefficient (Wildman–Crippen LogP) is 13.7. The van der Waals surface area contributed by atoms with Crippen molar-refractivity contribution in [2.75, 3.05) is 0 Å². The van der Waals surface area contributed by atoms with Crippen LogP contribution in [0.5, 0.6) is 0 Å². The summed E-state index contributed by atoms with van der Waals surface area (Å²) < 4.78 is 4.92. The van der Waals surface area contributed by atoms with Gasteiger partial charge >= 0.3 is 0 Å². The molecule has 0 saturated heterocycles. The molecular weight excluding hydrogens is 701 g/mol. The van der Waals surface area contributed by atoms with Gasteiger partial charge in [-0.1, -0.05) is 164 Å². The summed E-state index contributed by atoms with van der Waals surface area (Å²) in [6.07, 6.45) is 0. The molecule has 0 aliphatic carbocycles. The zero-order valence-corrected chi connectivity index (χ0v) is 31.0. The molecule has 0 N–H and O–H groups in total. The van der Waals surface area contributed by atoms with E-state index >= 15 is 0 Å². The van der Waals surface area contributed by atoms with Crippen molar-refractivity contribution in [2.24, 2.45) is 0 Å². The van der Waals surface area contributed by atoms with Crippen LogP contribution in [0.15, 0.2) is 194 Å². The van der Waals surface area contributed by atoms with E-state index in [1.54, 1.807) is 0 Å². The molecule has 0 fully saturated rings. The van der Waals surface area contributed by atoms with Crippen LogP contribution >= 0.6 is 11.3 Å². The molecule has 5 heteroatoms. The highest BCUT2D eigenvalue weighted by Crippen LogP contribution is 2.47. The SMILES string of the molecule is c1ccc(-c2ccc(-c3cccc4c3sc3c4ccc4c3c3ccccc3n4-c3ccccc3)c(-c3nc(-c4ccccc4)nc(-c4ccccc4)n3)c2)cc1.